The van der Waals surface area contributed by atoms with Crippen LogP contribution in [-0.2, 0) is 14.3 Å². The molecule has 0 unspecified atom stereocenters. The van der Waals surface area contributed by atoms with Gasteiger partial charge < -0.3 is 20.5 Å². The second kappa shape index (κ2) is 7.82. The van der Waals surface area contributed by atoms with Crippen LogP contribution in [0.4, 0.5) is 4.79 Å². The van der Waals surface area contributed by atoms with Crippen molar-refractivity contribution in [3.8, 4) is 11.1 Å². The number of alkyl carbamates (subject to hydrolysis) is 1. The first-order valence-corrected chi connectivity index (χ1v) is 10.8. The summed E-state index contributed by atoms with van der Waals surface area (Å²) in [6, 6.07) is 16.1. The van der Waals surface area contributed by atoms with E-state index >= 15 is 0 Å². The van der Waals surface area contributed by atoms with Gasteiger partial charge in [-0.2, -0.15) is 0 Å². The molecule has 0 saturated heterocycles. The molecule has 32 heavy (non-hydrogen) atoms. The number of amides is 2. The van der Waals surface area contributed by atoms with Gasteiger partial charge in [-0.05, 0) is 41.0 Å². The van der Waals surface area contributed by atoms with Gasteiger partial charge in [0, 0.05) is 11.8 Å². The molecule has 2 aromatic carbocycles. The maximum absolute atomic E-state index is 12.4. The lowest BCUT2D eigenvalue weighted by Gasteiger charge is -2.32. The molecule has 7 heteroatoms. The van der Waals surface area contributed by atoms with E-state index in [1.807, 2.05) is 48.6 Å². The van der Waals surface area contributed by atoms with Gasteiger partial charge >= 0.3 is 12.1 Å². The second-order valence-corrected chi connectivity index (χ2v) is 8.70. The lowest BCUT2D eigenvalue weighted by atomic mass is 9.84. The van der Waals surface area contributed by atoms with E-state index in [1.54, 1.807) is 0 Å². The first kappa shape index (κ1) is 20.3. The Bertz CT molecular complexity index is 1080. The largest absolute Gasteiger partial charge is 0.479 e. The smallest absolute Gasteiger partial charge is 0.407 e. The number of carboxylic acids is 1. The molecule has 2 amide bonds. The van der Waals surface area contributed by atoms with Crippen LogP contribution in [0.2, 0.25) is 0 Å². The highest BCUT2D eigenvalue weighted by molar-refractivity contribution is 5.90. The highest BCUT2D eigenvalue weighted by Crippen LogP contribution is 2.46. The number of carboxylic acid groups (broad SMARTS) is 1. The quantitative estimate of drug-likeness (QED) is 0.609. The number of rotatable bonds is 6. The Kier molecular flexibility index (Phi) is 4.96. The van der Waals surface area contributed by atoms with Crippen molar-refractivity contribution in [3.63, 3.8) is 0 Å². The summed E-state index contributed by atoms with van der Waals surface area (Å²) in [6.07, 6.45) is 4.26. The van der Waals surface area contributed by atoms with Gasteiger partial charge in [0.15, 0.2) is 0 Å². The van der Waals surface area contributed by atoms with Crippen LogP contribution < -0.4 is 10.6 Å². The average Bonchev–Trinajstić information content (AvgIpc) is 3.48. The fraction of sp³-hybridized carbons (Fsp3) is 0.320. The Morgan fingerprint density at radius 3 is 2.22 bits per heavy atom. The Labute approximate surface area is 185 Å². The van der Waals surface area contributed by atoms with Crippen LogP contribution in [0.3, 0.4) is 0 Å². The van der Waals surface area contributed by atoms with Gasteiger partial charge in [-0.15, -0.1) is 0 Å². The minimum absolute atomic E-state index is 0.0712. The van der Waals surface area contributed by atoms with E-state index in [4.69, 9.17) is 4.74 Å². The summed E-state index contributed by atoms with van der Waals surface area (Å²) in [5.41, 5.74) is 3.18. The van der Waals surface area contributed by atoms with Gasteiger partial charge in [0.25, 0.3) is 0 Å². The predicted octanol–water partition coefficient (Wildman–Crippen LogP) is 3.06. The van der Waals surface area contributed by atoms with Crippen molar-refractivity contribution in [1.29, 1.82) is 0 Å². The number of aliphatic carboxylic acids is 1. The number of ether oxygens (including phenoxy) is 1. The monoisotopic (exact) mass is 432 g/mol. The molecular formula is C25H24N2O5. The summed E-state index contributed by atoms with van der Waals surface area (Å²) >= 11 is 0. The molecule has 1 fully saturated rings. The molecule has 0 heterocycles. The standard InChI is InChI=1S/C25H24N2O5/c28-22(27-25(23(29)30)12-15-9-10-16(25)11-15)13-26-24(31)32-14-21-19-7-3-1-5-17(19)18-6-2-4-8-20(18)21/h1-10,15-16,21H,11-14H2,(H,26,31)(H,27,28)(H,29,30)/t15-,16+,25+/m0/s1. The van der Waals surface area contributed by atoms with E-state index < -0.39 is 23.5 Å². The van der Waals surface area contributed by atoms with Gasteiger partial charge in [-0.3, -0.25) is 4.79 Å². The zero-order valence-electron chi connectivity index (χ0n) is 17.4. The SMILES string of the molecule is O=C(CNC(=O)OCC1c2ccccc2-c2ccccc21)N[C@]1(C(=O)O)C[C@H]2C=C[C@@H]1C2. The maximum atomic E-state index is 12.4. The fourth-order valence-corrected chi connectivity index (χ4v) is 5.39. The van der Waals surface area contributed by atoms with Crippen LogP contribution in [0.1, 0.15) is 29.9 Å². The van der Waals surface area contributed by atoms with Crippen molar-refractivity contribution in [2.24, 2.45) is 11.8 Å². The third-order valence-corrected chi connectivity index (χ3v) is 6.87. The minimum atomic E-state index is -1.29. The molecule has 3 atom stereocenters. The van der Waals surface area contributed by atoms with Gasteiger partial charge in [0.05, 0.1) is 0 Å². The summed E-state index contributed by atoms with van der Waals surface area (Å²) in [6.45, 7) is -0.193. The zero-order valence-corrected chi connectivity index (χ0v) is 17.4. The van der Waals surface area contributed by atoms with Gasteiger partial charge in [0.1, 0.15) is 18.7 Å². The number of allylic oxidation sites excluding steroid dienone is 1. The Morgan fingerprint density at radius 1 is 1.00 bits per heavy atom. The molecule has 164 valence electrons. The predicted molar refractivity (Wildman–Crippen MR) is 117 cm³/mol. The first-order valence-electron chi connectivity index (χ1n) is 10.8. The van der Waals surface area contributed by atoms with Crippen LogP contribution >= 0.6 is 0 Å². The number of benzene rings is 2. The summed E-state index contributed by atoms with van der Waals surface area (Å²) < 4.78 is 5.42. The number of hydrogen-bond acceptors (Lipinski definition) is 4. The highest BCUT2D eigenvalue weighted by Gasteiger charge is 2.54. The van der Waals surface area contributed by atoms with E-state index in [1.165, 1.54) is 0 Å². The number of carbonyl (C=O) groups is 3. The van der Waals surface area contributed by atoms with Crippen molar-refractivity contribution < 1.29 is 24.2 Å². The Balaban J connectivity index is 1.17. The van der Waals surface area contributed by atoms with E-state index in [0.717, 1.165) is 28.7 Å². The van der Waals surface area contributed by atoms with Crippen LogP contribution in [0, 0.1) is 11.8 Å². The first-order chi connectivity index (χ1) is 15.5. The molecule has 2 aromatic rings. The van der Waals surface area contributed by atoms with Gasteiger partial charge in [-0.25, -0.2) is 9.59 Å². The molecule has 3 aliphatic carbocycles. The van der Waals surface area contributed by atoms with Crippen molar-refractivity contribution in [2.75, 3.05) is 13.2 Å². The van der Waals surface area contributed by atoms with Crippen molar-refractivity contribution >= 4 is 18.0 Å². The van der Waals surface area contributed by atoms with Crippen LogP contribution in [-0.4, -0.2) is 41.8 Å². The summed E-state index contributed by atoms with van der Waals surface area (Å²) in [7, 11) is 0. The summed E-state index contributed by atoms with van der Waals surface area (Å²) in [5, 5.41) is 14.8. The van der Waals surface area contributed by atoms with Gasteiger partial charge in [0.2, 0.25) is 5.91 Å². The third-order valence-electron chi connectivity index (χ3n) is 6.87. The van der Waals surface area contributed by atoms with E-state index in [2.05, 4.69) is 22.8 Å². The van der Waals surface area contributed by atoms with E-state index in [-0.39, 0.29) is 30.9 Å². The number of hydrogen-bond donors (Lipinski definition) is 3. The summed E-state index contributed by atoms with van der Waals surface area (Å²) in [4.78, 5) is 36.6. The molecule has 0 spiro atoms. The van der Waals surface area contributed by atoms with Crippen molar-refractivity contribution in [2.45, 2.75) is 24.3 Å². The molecule has 2 bridgehead atoms. The van der Waals surface area contributed by atoms with Crippen LogP contribution in [0.25, 0.3) is 11.1 Å². The number of nitrogens with one attached hydrogen (secondary N) is 2. The van der Waals surface area contributed by atoms with Crippen molar-refractivity contribution in [1.82, 2.24) is 10.6 Å². The lowest BCUT2D eigenvalue weighted by molar-refractivity contribution is -0.148. The molecular weight excluding hydrogens is 408 g/mol. The fourth-order valence-electron chi connectivity index (χ4n) is 5.39. The van der Waals surface area contributed by atoms with E-state index in [9.17, 15) is 19.5 Å². The number of carbonyl (C=O) groups excluding carboxylic acids is 2. The minimum Gasteiger partial charge on any atom is -0.479 e. The Morgan fingerprint density at radius 2 is 1.66 bits per heavy atom. The molecule has 7 nitrogen and oxygen atoms in total. The molecule has 0 aliphatic heterocycles. The topological polar surface area (TPSA) is 105 Å². The molecule has 3 N–H and O–H groups in total. The molecule has 5 rings (SSSR count). The van der Waals surface area contributed by atoms with Crippen molar-refractivity contribution in [3.05, 3.63) is 71.8 Å². The normalized spacial score (nSPS) is 24.6. The molecule has 0 radical (unpaired) electrons. The van der Waals surface area contributed by atoms with Crippen LogP contribution in [0.5, 0.6) is 0 Å². The maximum Gasteiger partial charge on any atom is 0.407 e. The molecule has 3 aliphatic rings. The average molecular weight is 432 g/mol. The molecule has 0 aromatic heterocycles. The Hall–Kier alpha value is -3.61. The third kappa shape index (κ3) is 3.34. The van der Waals surface area contributed by atoms with E-state index in [0.29, 0.717) is 6.42 Å². The zero-order chi connectivity index (χ0) is 22.3. The number of fused-ring (bicyclic) bond motifs is 5. The summed E-state index contributed by atoms with van der Waals surface area (Å²) in [5.74, 6) is -1.70. The van der Waals surface area contributed by atoms with Gasteiger partial charge in [-0.1, -0.05) is 60.7 Å². The molecule has 1 saturated carbocycles. The van der Waals surface area contributed by atoms with Crippen LogP contribution in [0.15, 0.2) is 60.7 Å². The highest BCUT2D eigenvalue weighted by atomic mass is 16.5. The second-order valence-electron chi connectivity index (χ2n) is 8.70. The lowest BCUT2D eigenvalue weighted by Crippen LogP contribution is -2.58.